The maximum Gasteiger partial charge on any atom is 0.322 e. The van der Waals surface area contributed by atoms with E-state index in [1.807, 2.05) is 30.3 Å². The molecule has 1 aromatic heterocycles. The minimum absolute atomic E-state index is 0.162. The van der Waals surface area contributed by atoms with E-state index in [1.165, 1.54) is 0 Å². The van der Waals surface area contributed by atoms with Crippen molar-refractivity contribution in [3.63, 3.8) is 0 Å². The van der Waals surface area contributed by atoms with Gasteiger partial charge in [-0.05, 0) is 6.92 Å². The maximum absolute atomic E-state index is 10.5. The van der Waals surface area contributed by atoms with Gasteiger partial charge in [0.25, 0.3) is 0 Å². The third-order valence-electron chi connectivity index (χ3n) is 2.33. The predicted octanol–water partition coefficient (Wildman–Crippen LogP) is 1.95. The summed E-state index contributed by atoms with van der Waals surface area (Å²) in [7, 11) is 0. The first-order valence-electron chi connectivity index (χ1n) is 5.52. The monoisotopic (exact) mass is 243 g/mol. The summed E-state index contributed by atoms with van der Waals surface area (Å²) < 4.78 is 0. The molecule has 0 bridgehead atoms. The topological polar surface area (TPSA) is 75.1 Å². The number of nitrogens with zero attached hydrogens (tertiary/aromatic N) is 2. The normalized spacial score (nSPS) is 10.1. The second-order valence-electron chi connectivity index (χ2n) is 3.80. The molecule has 0 aliphatic carbocycles. The number of aromatic nitrogens is 2. The SMILES string of the molecule is Cc1nc(NCC(=O)O)cc(-c2ccccc2)n1. The fourth-order valence-electron chi connectivity index (χ4n) is 1.58. The first-order valence-corrected chi connectivity index (χ1v) is 5.52. The van der Waals surface area contributed by atoms with Crippen LogP contribution in [-0.4, -0.2) is 27.6 Å². The van der Waals surface area contributed by atoms with Crippen molar-refractivity contribution in [1.29, 1.82) is 0 Å². The highest BCUT2D eigenvalue weighted by molar-refractivity contribution is 5.73. The number of carbonyl (C=O) groups is 1. The number of aliphatic carboxylic acids is 1. The van der Waals surface area contributed by atoms with E-state index < -0.39 is 5.97 Å². The van der Waals surface area contributed by atoms with E-state index in [9.17, 15) is 4.79 Å². The van der Waals surface area contributed by atoms with E-state index in [2.05, 4.69) is 15.3 Å². The molecule has 2 aromatic rings. The first-order chi connectivity index (χ1) is 8.65. The molecule has 0 aliphatic rings. The lowest BCUT2D eigenvalue weighted by atomic mass is 10.1. The van der Waals surface area contributed by atoms with Crippen molar-refractivity contribution in [3.05, 3.63) is 42.2 Å². The average Bonchev–Trinajstić information content (AvgIpc) is 2.37. The smallest absolute Gasteiger partial charge is 0.322 e. The fraction of sp³-hybridized carbons (Fsp3) is 0.154. The molecule has 0 radical (unpaired) electrons. The molecule has 18 heavy (non-hydrogen) atoms. The van der Waals surface area contributed by atoms with E-state index in [4.69, 9.17) is 5.11 Å². The zero-order valence-electron chi connectivity index (χ0n) is 9.92. The average molecular weight is 243 g/mol. The molecule has 0 spiro atoms. The van der Waals surface area contributed by atoms with E-state index in [0.29, 0.717) is 11.6 Å². The van der Waals surface area contributed by atoms with Gasteiger partial charge in [0.05, 0.1) is 5.69 Å². The van der Waals surface area contributed by atoms with Crippen molar-refractivity contribution in [3.8, 4) is 11.3 Å². The Morgan fingerprint density at radius 1 is 1.28 bits per heavy atom. The Morgan fingerprint density at radius 2 is 2.00 bits per heavy atom. The highest BCUT2D eigenvalue weighted by atomic mass is 16.4. The third-order valence-corrected chi connectivity index (χ3v) is 2.33. The van der Waals surface area contributed by atoms with Gasteiger partial charge < -0.3 is 10.4 Å². The molecular formula is C13H13N3O2. The molecular weight excluding hydrogens is 230 g/mol. The van der Waals surface area contributed by atoms with Gasteiger partial charge in [0.15, 0.2) is 0 Å². The van der Waals surface area contributed by atoms with Gasteiger partial charge in [-0.2, -0.15) is 0 Å². The quantitative estimate of drug-likeness (QED) is 0.858. The lowest BCUT2D eigenvalue weighted by Gasteiger charge is -2.07. The number of carboxylic acid groups (broad SMARTS) is 1. The molecule has 0 amide bonds. The summed E-state index contributed by atoms with van der Waals surface area (Å²) in [5, 5.41) is 11.4. The molecule has 0 saturated heterocycles. The summed E-state index contributed by atoms with van der Waals surface area (Å²) >= 11 is 0. The summed E-state index contributed by atoms with van der Waals surface area (Å²) in [6.45, 7) is 1.61. The highest BCUT2D eigenvalue weighted by Gasteiger charge is 2.05. The number of rotatable bonds is 4. The van der Waals surface area contributed by atoms with Crippen molar-refractivity contribution in [1.82, 2.24) is 9.97 Å². The number of carboxylic acids is 1. The molecule has 1 aromatic carbocycles. The second kappa shape index (κ2) is 5.27. The zero-order valence-corrected chi connectivity index (χ0v) is 9.92. The summed E-state index contributed by atoms with van der Waals surface area (Å²) in [5.41, 5.74) is 1.75. The van der Waals surface area contributed by atoms with Crippen LogP contribution in [0.5, 0.6) is 0 Å². The Labute approximate surface area is 105 Å². The Bertz CT molecular complexity index is 555. The van der Waals surface area contributed by atoms with Gasteiger partial charge in [0.2, 0.25) is 0 Å². The van der Waals surface area contributed by atoms with Gasteiger partial charge in [-0.3, -0.25) is 4.79 Å². The summed E-state index contributed by atoms with van der Waals surface area (Å²) in [6.07, 6.45) is 0. The predicted molar refractivity (Wildman–Crippen MR) is 68.3 cm³/mol. The van der Waals surface area contributed by atoms with Crippen molar-refractivity contribution in [2.75, 3.05) is 11.9 Å². The Hall–Kier alpha value is -2.43. The van der Waals surface area contributed by atoms with Crippen LogP contribution in [0.1, 0.15) is 5.82 Å². The number of nitrogens with one attached hydrogen (secondary N) is 1. The molecule has 5 nitrogen and oxygen atoms in total. The number of anilines is 1. The minimum atomic E-state index is -0.924. The number of hydrogen-bond donors (Lipinski definition) is 2. The molecule has 5 heteroatoms. The summed E-state index contributed by atoms with van der Waals surface area (Å²) in [4.78, 5) is 19.0. The van der Waals surface area contributed by atoms with Crippen LogP contribution in [0, 0.1) is 6.92 Å². The van der Waals surface area contributed by atoms with E-state index in [-0.39, 0.29) is 6.54 Å². The van der Waals surface area contributed by atoms with Crippen LogP contribution in [0.2, 0.25) is 0 Å². The minimum Gasteiger partial charge on any atom is -0.480 e. The largest absolute Gasteiger partial charge is 0.480 e. The van der Waals surface area contributed by atoms with E-state index in [0.717, 1.165) is 11.3 Å². The summed E-state index contributed by atoms with van der Waals surface area (Å²) in [5.74, 6) is 0.195. The maximum atomic E-state index is 10.5. The van der Waals surface area contributed by atoms with Crippen molar-refractivity contribution in [2.24, 2.45) is 0 Å². The van der Waals surface area contributed by atoms with Gasteiger partial charge in [-0.25, -0.2) is 9.97 Å². The van der Waals surface area contributed by atoms with E-state index in [1.54, 1.807) is 13.0 Å². The lowest BCUT2D eigenvalue weighted by molar-refractivity contribution is -0.134. The number of hydrogen-bond acceptors (Lipinski definition) is 4. The zero-order chi connectivity index (χ0) is 13.0. The van der Waals surface area contributed by atoms with Crippen molar-refractivity contribution in [2.45, 2.75) is 6.92 Å². The van der Waals surface area contributed by atoms with Crippen LogP contribution in [0.25, 0.3) is 11.3 Å². The molecule has 0 saturated carbocycles. The summed E-state index contributed by atoms with van der Waals surface area (Å²) in [6, 6.07) is 11.4. The van der Waals surface area contributed by atoms with Crippen molar-refractivity contribution >= 4 is 11.8 Å². The van der Waals surface area contributed by atoms with Crippen LogP contribution in [-0.2, 0) is 4.79 Å². The van der Waals surface area contributed by atoms with E-state index >= 15 is 0 Å². The third kappa shape index (κ3) is 3.04. The van der Waals surface area contributed by atoms with Crippen LogP contribution < -0.4 is 5.32 Å². The molecule has 0 fully saturated rings. The van der Waals surface area contributed by atoms with Crippen molar-refractivity contribution < 1.29 is 9.90 Å². The fourth-order valence-corrected chi connectivity index (χ4v) is 1.58. The van der Waals surface area contributed by atoms with Gasteiger partial charge >= 0.3 is 5.97 Å². The second-order valence-corrected chi connectivity index (χ2v) is 3.80. The first kappa shape index (κ1) is 12.0. The lowest BCUT2D eigenvalue weighted by Crippen LogP contribution is -2.13. The molecule has 1 heterocycles. The van der Waals surface area contributed by atoms with Gasteiger partial charge in [0.1, 0.15) is 18.2 Å². The number of benzene rings is 1. The highest BCUT2D eigenvalue weighted by Crippen LogP contribution is 2.19. The molecule has 0 unspecified atom stereocenters. The molecule has 0 aliphatic heterocycles. The standard InChI is InChI=1S/C13H13N3O2/c1-9-15-11(10-5-3-2-4-6-10)7-12(16-9)14-8-13(17)18/h2-7H,8H2,1H3,(H,17,18)(H,14,15,16). The van der Waals surface area contributed by atoms with Gasteiger partial charge in [0, 0.05) is 11.6 Å². The van der Waals surface area contributed by atoms with Crippen LogP contribution in [0.3, 0.4) is 0 Å². The Morgan fingerprint density at radius 3 is 2.67 bits per heavy atom. The Balaban J connectivity index is 2.29. The molecule has 92 valence electrons. The van der Waals surface area contributed by atoms with Gasteiger partial charge in [-0.1, -0.05) is 30.3 Å². The molecule has 2 N–H and O–H groups in total. The van der Waals surface area contributed by atoms with Crippen LogP contribution in [0.15, 0.2) is 36.4 Å². The molecule has 2 rings (SSSR count). The van der Waals surface area contributed by atoms with Gasteiger partial charge in [-0.15, -0.1) is 0 Å². The molecule has 0 atom stereocenters. The number of aryl methyl sites for hydroxylation is 1. The Kier molecular flexibility index (Phi) is 3.52. The van der Waals surface area contributed by atoms with Crippen LogP contribution >= 0.6 is 0 Å². The van der Waals surface area contributed by atoms with Crippen LogP contribution in [0.4, 0.5) is 5.82 Å².